The number of piperidine rings is 1. The van der Waals surface area contributed by atoms with E-state index in [4.69, 9.17) is 4.52 Å². The smallest absolute Gasteiger partial charge is 0.244 e. The predicted octanol–water partition coefficient (Wildman–Crippen LogP) is 2.28. The van der Waals surface area contributed by atoms with Gasteiger partial charge in [-0.25, -0.2) is 0 Å². The van der Waals surface area contributed by atoms with Gasteiger partial charge in [0.25, 0.3) is 0 Å². The van der Waals surface area contributed by atoms with Crippen molar-refractivity contribution < 1.29 is 9.32 Å². The van der Waals surface area contributed by atoms with Crippen molar-refractivity contribution in [2.75, 3.05) is 19.6 Å². The summed E-state index contributed by atoms with van der Waals surface area (Å²) < 4.78 is 5.60. The fourth-order valence-electron chi connectivity index (χ4n) is 3.99. The Morgan fingerprint density at radius 1 is 1.16 bits per heavy atom. The summed E-state index contributed by atoms with van der Waals surface area (Å²) in [4.78, 5) is 24.6. The Balaban J connectivity index is 1.47. The van der Waals surface area contributed by atoms with Gasteiger partial charge in [-0.1, -0.05) is 5.16 Å². The summed E-state index contributed by atoms with van der Waals surface area (Å²) in [5.41, 5.74) is 0.921. The normalized spacial score (nSPS) is 22.4. The Hall–Kier alpha value is -2.28. The molecule has 132 valence electrons. The first-order valence-corrected chi connectivity index (χ1v) is 8.97. The fraction of sp³-hybridized carbons (Fsp3) is 0.556. The van der Waals surface area contributed by atoms with E-state index in [0.29, 0.717) is 17.8 Å². The zero-order valence-corrected chi connectivity index (χ0v) is 14.5. The standard InChI is InChI=1S/C18H23N5O2/c1-13(24)22-11-6-15(7-12-22)23-10-2-3-16(23)18-20-17(21-25-18)14-4-8-19-9-5-14/h4-5,8-9,15-16H,2-3,6-7,10-12H2,1H3/t16-/m1/s1. The first-order chi connectivity index (χ1) is 12.2. The van der Waals surface area contributed by atoms with Crippen molar-refractivity contribution in [1.82, 2.24) is 24.9 Å². The molecule has 2 saturated heterocycles. The molecule has 2 aliphatic rings. The van der Waals surface area contributed by atoms with E-state index in [0.717, 1.165) is 50.9 Å². The SMILES string of the molecule is CC(=O)N1CCC(N2CCC[C@@H]2c2nc(-c3ccncc3)no2)CC1. The van der Waals surface area contributed by atoms with E-state index in [-0.39, 0.29) is 11.9 Å². The van der Waals surface area contributed by atoms with Gasteiger partial charge in [-0.2, -0.15) is 4.98 Å². The van der Waals surface area contributed by atoms with Gasteiger partial charge in [0.15, 0.2) is 0 Å². The van der Waals surface area contributed by atoms with Crippen LogP contribution in [0.15, 0.2) is 29.0 Å². The summed E-state index contributed by atoms with van der Waals surface area (Å²) in [7, 11) is 0. The highest BCUT2D eigenvalue weighted by molar-refractivity contribution is 5.73. The minimum absolute atomic E-state index is 0.176. The molecule has 0 aliphatic carbocycles. The molecule has 4 heterocycles. The zero-order valence-electron chi connectivity index (χ0n) is 14.5. The third-order valence-electron chi connectivity index (χ3n) is 5.34. The van der Waals surface area contributed by atoms with Crippen molar-refractivity contribution in [3.63, 3.8) is 0 Å². The minimum atomic E-state index is 0.176. The summed E-state index contributed by atoms with van der Waals surface area (Å²) >= 11 is 0. The molecule has 0 saturated carbocycles. The Morgan fingerprint density at radius 2 is 1.92 bits per heavy atom. The number of hydrogen-bond acceptors (Lipinski definition) is 6. The lowest BCUT2D eigenvalue weighted by Gasteiger charge is -2.38. The van der Waals surface area contributed by atoms with Crippen LogP contribution in [0, 0.1) is 0 Å². The maximum Gasteiger partial charge on any atom is 0.244 e. The second kappa shape index (κ2) is 6.92. The molecule has 4 rings (SSSR count). The monoisotopic (exact) mass is 341 g/mol. The number of rotatable bonds is 3. The van der Waals surface area contributed by atoms with E-state index in [1.807, 2.05) is 17.0 Å². The molecule has 1 amide bonds. The van der Waals surface area contributed by atoms with Gasteiger partial charge in [-0.05, 0) is 44.4 Å². The summed E-state index contributed by atoms with van der Waals surface area (Å²) in [5.74, 6) is 1.50. The Morgan fingerprint density at radius 3 is 2.64 bits per heavy atom. The van der Waals surface area contributed by atoms with Crippen LogP contribution in [0.25, 0.3) is 11.4 Å². The molecule has 2 fully saturated rings. The fourth-order valence-corrected chi connectivity index (χ4v) is 3.99. The van der Waals surface area contributed by atoms with Crippen molar-refractivity contribution in [2.45, 2.75) is 44.7 Å². The molecule has 2 aliphatic heterocycles. The van der Waals surface area contributed by atoms with Crippen LogP contribution in [0.1, 0.15) is 44.5 Å². The lowest BCUT2D eigenvalue weighted by Crippen LogP contribution is -2.46. The highest BCUT2D eigenvalue weighted by atomic mass is 16.5. The van der Waals surface area contributed by atoms with Crippen LogP contribution in [0.2, 0.25) is 0 Å². The van der Waals surface area contributed by atoms with Crippen LogP contribution in [0.3, 0.4) is 0 Å². The van der Waals surface area contributed by atoms with Crippen molar-refractivity contribution >= 4 is 5.91 Å². The number of hydrogen-bond donors (Lipinski definition) is 0. The summed E-state index contributed by atoms with van der Waals surface area (Å²) in [6, 6.07) is 4.45. The maximum atomic E-state index is 11.5. The molecular formula is C18H23N5O2. The molecule has 0 spiro atoms. The molecular weight excluding hydrogens is 318 g/mol. The number of carbonyl (C=O) groups excluding carboxylic acids is 1. The first-order valence-electron chi connectivity index (χ1n) is 8.97. The zero-order chi connectivity index (χ0) is 17.2. The number of nitrogens with zero attached hydrogens (tertiary/aromatic N) is 5. The van der Waals surface area contributed by atoms with Crippen molar-refractivity contribution in [3.8, 4) is 11.4 Å². The Labute approximate surface area is 147 Å². The van der Waals surface area contributed by atoms with Gasteiger partial charge in [0, 0.05) is 44.0 Å². The molecule has 1 atom stereocenters. The summed E-state index contributed by atoms with van der Waals surface area (Å²) in [6.45, 7) is 4.39. The van der Waals surface area contributed by atoms with Gasteiger partial charge in [0.05, 0.1) is 6.04 Å². The van der Waals surface area contributed by atoms with Gasteiger partial charge in [-0.3, -0.25) is 14.7 Å². The lowest BCUT2D eigenvalue weighted by atomic mass is 10.0. The lowest BCUT2D eigenvalue weighted by molar-refractivity contribution is -0.130. The first kappa shape index (κ1) is 16.2. The molecule has 25 heavy (non-hydrogen) atoms. The van der Waals surface area contributed by atoms with E-state index >= 15 is 0 Å². The van der Waals surface area contributed by atoms with E-state index in [1.54, 1.807) is 19.3 Å². The van der Waals surface area contributed by atoms with Crippen LogP contribution in [0.5, 0.6) is 0 Å². The third-order valence-corrected chi connectivity index (χ3v) is 5.34. The molecule has 0 unspecified atom stereocenters. The average Bonchev–Trinajstić information content (AvgIpc) is 3.32. The molecule has 7 heteroatoms. The van der Waals surface area contributed by atoms with Crippen molar-refractivity contribution in [2.24, 2.45) is 0 Å². The molecule has 7 nitrogen and oxygen atoms in total. The Kier molecular flexibility index (Phi) is 4.48. The number of aromatic nitrogens is 3. The number of carbonyl (C=O) groups is 1. The Bertz CT molecular complexity index is 724. The number of amides is 1. The van der Waals surface area contributed by atoms with Crippen molar-refractivity contribution in [3.05, 3.63) is 30.4 Å². The second-order valence-corrected chi connectivity index (χ2v) is 6.83. The quantitative estimate of drug-likeness (QED) is 0.852. The van der Waals surface area contributed by atoms with Crippen LogP contribution >= 0.6 is 0 Å². The number of likely N-dealkylation sites (tertiary alicyclic amines) is 2. The second-order valence-electron chi connectivity index (χ2n) is 6.83. The summed E-state index contributed by atoms with van der Waals surface area (Å²) in [5, 5.41) is 4.15. The molecule has 0 N–H and O–H groups in total. The van der Waals surface area contributed by atoms with Crippen LogP contribution in [0.4, 0.5) is 0 Å². The maximum absolute atomic E-state index is 11.5. The van der Waals surface area contributed by atoms with E-state index in [2.05, 4.69) is 20.0 Å². The van der Waals surface area contributed by atoms with Crippen LogP contribution in [-0.2, 0) is 4.79 Å². The highest BCUT2D eigenvalue weighted by Gasteiger charge is 2.37. The van der Waals surface area contributed by atoms with E-state index in [9.17, 15) is 4.79 Å². The minimum Gasteiger partial charge on any atom is -0.343 e. The van der Waals surface area contributed by atoms with Crippen molar-refractivity contribution in [1.29, 1.82) is 0 Å². The molecule has 2 aromatic heterocycles. The topological polar surface area (TPSA) is 75.4 Å². The predicted molar refractivity (Wildman–Crippen MR) is 91.5 cm³/mol. The van der Waals surface area contributed by atoms with Gasteiger partial charge in [0.1, 0.15) is 0 Å². The van der Waals surface area contributed by atoms with Gasteiger partial charge in [0.2, 0.25) is 17.6 Å². The molecule has 0 aromatic carbocycles. The van der Waals surface area contributed by atoms with E-state index in [1.165, 1.54) is 0 Å². The van der Waals surface area contributed by atoms with Gasteiger partial charge in [-0.15, -0.1) is 0 Å². The van der Waals surface area contributed by atoms with Crippen LogP contribution in [-0.4, -0.2) is 56.5 Å². The number of pyridine rings is 1. The third kappa shape index (κ3) is 3.28. The van der Waals surface area contributed by atoms with Crippen LogP contribution < -0.4 is 0 Å². The molecule has 0 radical (unpaired) electrons. The highest BCUT2D eigenvalue weighted by Crippen LogP contribution is 2.36. The van der Waals surface area contributed by atoms with Gasteiger partial charge >= 0.3 is 0 Å². The molecule has 0 bridgehead atoms. The van der Waals surface area contributed by atoms with E-state index < -0.39 is 0 Å². The molecule has 2 aromatic rings. The largest absolute Gasteiger partial charge is 0.343 e. The summed E-state index contributed by atoms with van der Waals surface area (Å²) in [6.07, 6.45) is 7.68. The average molecular weight is 341 g/mol. The van der Waals surface area contributed by atoms with Gasteiger partial charge < -0.3 is 9.42 Å².